The molecule has 0 fully saturated rings. The number of fused-ring (bicyclic) bond motifs is 1. The van der Waals surface area contributed by atoms with Crippen molar-refractivity contribution in [3.63, 3.8) is 0 Å². The molecule has 0 aromatic heterocycles. The molecule has 0 aliphatic heterocycles. The number of carbonyl (C=O) groups excluding carboxylic acids is 1. The number of benzene rings is 1. The molecule has 0 radical (unpaired) electrons. The molecule has 3 N–H and O–H groups in total. The molecule has 2 rings (SSSR count). The van der Waals surface area contributed by atoms with E-state index in [1.54, 1.807) is 0 Å². The third kappa shape index (κ3) is 6.29. The number of carbonyl (C=O) groups is 1. The number of alkyl carbamates (subject to hydrolysis) is 1. The highest BCUT2D eigenvalue weighted by molar-refractivity contribution is 5.79. The van der Waals surface area contributed by atoms with Crippen molar-refractivity contribution in [2.75, 3.05) is 26.2 Å². The van der Waals surface area contributed by atoms with E-state index in [4.69, 9.17) is 4.74 Å². The van der Waals surface area contributed by atoms with Crippen molar-refractivity contribution in [1.29, 1.82) is 0 Å². The summed E-state index contributed by atoms with van der Waals surface area (Å²) in [6, 6.07) is 8.54. The zero-order chi connectivity index (χ0) is 18.3. The maximum atomic E-state index is 11.6. The van der Waals surface area contributed by atoms with Gasteiger partial charge in [-0.1, -0.05) is 24.3 Å². The van der Waals surface area contributed by atoms with E-state index >= 15 is 0 Å². The van der Waals surface area contributed by atoms with Crippen LogP contribution in [-0.4, -0.2) is 43.8 Å². The zero-order valence-corrected chi connectivity index (χ0v) is 15.7. The summed E-state index contributed by atoms with van der Waals surface area (Å²) in [6.45, 7) is 10.2. The van der Waals surface area contributed by atoms with Gasteiger partial charge in [0.2, 0.25) is 0 Å². The van der Waals surface area contributed by atoms with Gasteiger partial charge in [-0.05, 0) is 45.2 Å². The third-order valence-electron chi connectivity index (χ3n) is 3.86. The molecule has 1 atom stereocenters. The molecule has 0 bridgehead atoms. The van der Waals surface area contributed by atoms with Crippen LogP contribution < -0.4 is 16.0 Å². The normalized spacial score (nSPS) is 16.5. The maximum absolute atomic E-state index is 11.6. The quantitative estimate of drug-likeness (QED) is 0.420. The minimum atomic E-state index is -0.479. The number of nitrogens with one attached hydrogen (secondary N) is 3. The van der Waals surface area contributed by atoms with Crippen molar-refractivity contribution in [1.82, 2.24) is 16.0 Å². The molecule has 0 saturated carbocycles. The first-order valence-electron chi connectivity index (χ1n) is 8.96. The summed E-state index contributed by atoms with van der Waals surface area (Å²) < 4.78 is 5.20. The summed E-state index contributed by atoms with van der Waals surface area (Å²) in [5.41, 5.74) is 2.36. The van der Waals surface area contributed by atoms with E-state index in [9.17, 15) is 4.79 Å². The minimum absolute atomic E-state index is 0.401. The van der Waals surface area contributed by atoms with Crippen LogP contribution >= 0.6 is 0 Å². The Balaban J connectivity index is 1.73. The molecule has 6 heteroatoms. The second-order valence-electron chi connectivity index (χ2n) is 7.17. The number of ether oxygens (including phenoxy) is 1. The van der Waals surface area contributed by atoms with Gasteiger partial charge in [0, 0.05) is 32.1 Å². The smallest absolute Gasteiger partial charge is 0.407 e. The Morgan fingerprint density at radius 3 is 2.60 bits per heavy atom. The summed E-state index contributed by atoms with van der Waals surface area (Å²) in [6.07, 6.45) is 0.696. The fraction of sp³-hybridized carbons (Fsp3) is 0.579. The van der Waals surface area contributed by atoms with Crippen molar-refractivity contribution in [2.45, 2.75) is 45.6 Å². The summed E-state index contributed by atoms with van der Waals surface area (Å²) in [5, 5.41) is 9.20. The number of amides is 1. The molecule has 1 amide bonds. The first-order chi connectivity index (χ1) is 11.9. The highest BCUT2D eigenvalue weighted by atomic mass is 16.6. The molecule has 6 nitrogen and oxygen atoms in total. The van der Waals surface area contributed by atoms with Gasteiger partial charge in [-0.3, -0.25) is 4.99 Å². The van der Waals surface area contributed by atoms with Crippen molar-refractivity contribution in [3.8, 4) is 0 Å². The van der Waals surface area contributed by atoms with Gasteiger partial charge in [0.25, 0.3) is 0 Å². The van der Waals surface area contributed by atoms with Crippen molar-refractivity contribution >= 4 is 12.1 Å². The van der Waals surface area contributed by atoms with Gasteiger partial charge >= 0.3 is 6.09 Å². The molecule has 0 heterocycles. The van der Waals surface area contributed by atoms with Crippen LogP contribution in [0.15, 0.2) is 29.3 Å². The van der Waals surface area contributed by atoms with Crippen LogP contribution in [0, 0.1) is 0 Å². The number of rotatable bonds is 6. The van der Waals surface area contributed by atoms with E-state index in [0.29, 0.717) is 19.0 Å². The Morgan fingerprint density at radius 2 is 1.92 bits per heavy atom. The lowest BCUT2D eigenvalue weighted by molar-refractivity contribution is 0.0529. The van der Waals surface area contributed by atoms with Crippen LogP contribution in [0.5, 0.6) is 0 Å². The lowest BCUT2D eigenvalue weighted by atomic mass is 9.78. The average Bonchev–Trinajstić information content (AvgIpc) is 2.50. The predicted octanol–water partition coefficient (Wildman–Crippen LogP) is 2.41. The predicted molar refractivity (Wildman–Crippen MR) is 101 cm³/mol. The maximum Gasteiger partial charge on any atom is 0.407 e. The second-order valence-corrected chi connectivity index (χ2v) is 7.17. The van der Waals surface area contributed by atoms with Gasteiger partial charge in [-0.25, -0.2) is 4.79 Å². The van der Waals surface area contributed by atoms with E-state index < -0.39 is 11.7 Å². The highest BCUT2D eigenvalue weighted by Gasteiger charge is 2.24. The van der Waals surface area contributed by atoms with Crippen LogP contribution in [0.25, 0.3) is 0 Å². The Labute approximate surface area is 150 Å². The molecule has 0 saturated heterocycles. The van der Waals surface area contributed by atoms with E-state index in [1.807, 2.05) is 27.7 Å². The van der Waals surface area contributed by atoms with Crippen molar-refractivity contribution < 1.29 is 9.53 Å². The molecule has 1 aromatic rings. The van der Waals surface area contributed by atoms with Gasteiger partial charge < -0.3 is 20.7 Å². The van der Waals surface area contributed by atoms with Gasteiger partial charge in [-0.2, -0.15) is 0 Å². The molecular weight excluding hydrogens is 316 g/mol. The molecule has 138 valence electrons. The molecule has 1 aliphatic carbocycles. The molecule has 0 spiro atoms. The van der Waals surface area contributed by atoms with Gasteiger partial charge in [0.05, 0.1) is 0 Å². The third-order valence-corrected chi connectivity index (χ3v) is 3.86. The topological polar surface area (TPSA) is 74.8 Å². The van der Waals surface area contributed by atoms with Crippen molar-refractivity contribution in [3.05, 3.63) is 35.4 Å². The molecule has 1 unspecified atom stereocenters. The monoisotopic (exact) mass is 346 g/mol. The van der Waals surface area contributed by atoms with Crippen LogP contribution in [0.1, 0.15) is 44.7 Å². The zero-order valence-electron chi connectivity index (χ0n) is 15.7. The number of nitrogens with zero attached hydrogens (tertiary/aromatic N) is 1. The fourth-order valence-electron chi connectivity index (χ4n) is 2.73. The van der Waals surface area contributed by atoms with Crippen LogP contribution in [0.2, 0.25) is 0 Å². The number of hydrogen-bond donors (Lipinski definition) is 3. The summed E-state index contributed by atoms with van der Waals surface area (Å²) in [5.74, 6) is 1.28. The second kappa shape index (κ2) is 8.74. The minimum Gasteiger partial charge on any atom is -0.444 e. The van der Waals surface area contributed by atoms with Gasteiger partial charge in [-0.15, -0.1) is 0 Å². The Kier molecular flexibility index (Phi) is 6.67. The van der Waals surface area contributed by atoms with Crippen molar-refractivity contribution in [2.24, 2.45) is 4.99 Å². The molecule has 1 aliphatic rings. The Bertz CT molecular complexity index is 608. The van der Waals surface area contributed by atoms with Crippen LogP contribution in [-0.2, 0) is 11.2 Å². The SMILES string of the molecule is CCNC(=NCC1Cc2ccccc21)NCCNC(=O)OC(C)(C)C. The van der Waals surface area contributed by atoms with E-state index in [-0.39, 0.29) is 0 Å². The largest absolute Gasteiger partial charge is 0.444 e. The van der Waals surface area contributed by atoms with Crippen LogP contribution in [0.4, 0.5) is 4.79 Å². The Hall–Kier alpha value is -2.24. The first-order valence-corrected chi connectivity index (χ1v) is 8.96. The first kappa shape index (κ1) is 19.1. The van der Waals surface area contributed by atoms with E-state index in [2.05, 4.69) is 45.2 Å². The molecule has 25 heavy (non-hydrogen) atoms. The summed E-state index contributed by atoms with van der Waals surface area (Å²) in [4.78, 5) is 16.3. The highest BCUT2D eigenvalue weighted by Crippen LogP contribution is 2.34. The fourth-order valence-corrected chi connectivity index (χ4v) is 2.73. The summed E-state index contributed by atoms with van der Waals surface area (Å²) in [7, 11) is 0. The lowest BCUT2D eigenvalue weighted by Gasteiger charge is -2.29. The molecular formula is C19H30N4O2. The average molecular weight is 346 g/mol. The number of hydrogen-bond acceptors (Lipinski definition) is 3. The number of aliphatic imine (C=N–C) groups is 1. The lowest BCUT2D eigenvalue weighted by Crippen LogP contribution is -2.42. The Morgan fingerprint density at radius 1 is 1.20 bits per heavy atom. The van der Waals surface area contributed by atoms with Crippen LogP contribution in [0.3, 0.4) is 0 Å². The van der Waals surface area contributed by atoms with Gasteiger partial charge in [0.1, 0.15) is 5.60 Å². The van der Waals surface area contributed by atoms with E-state index in [0.717, 1.165) is 25.5 Å². The summed E-state index contributed by atoms with van der Waals surface area (Å²) >= 11 is 0. The van der Waals surface area contributed by atoms with E-state index in [1.165, 1.54) is 11.1 Å². The molecule has 1 aromatic carbocycles. The van der Waals surface area contributed by atoms with Gasteiger partial charge in [0.15, 0.2) is 5.96 Å². The number of guanidine groups is 1. The standard InChI is InChI=1S/C19H30N4O2/c1-5-20-17(21-10-11-22-18(24)25-19(2,3)4)23-13-15-12-14-8-6-7-9-16(14)15/h6-9,15H,5,10-13H2,1-4H3,(H,22,24)(H2,20,21,23).